The minimum absolute atomic E-state index is 0.00205. The minimum Gasteiger partial charge on any atom is -0.349 e. The highest BCUT2D eigenvalue weighted by atomic mass is 127. The van der Waals surface area contributed by atoms with Gasteiger partial charge in [-0.2, -0.15) is 0 Å². The van der Waals surface area contributed by atoms with Crippen LogP contribution in [-0.2, 0) is 10.0 Å². The Morgan fingerprint density at radius 1 is 1.19 bits per heavy atom. The van der Waals surface area contributed by atoms with Crippen LogP contribution in [0.2, 0.25) is 0 Å². The SMILES string of the molecule is O=S(=O)(Nc1cc2snnc2c(F)c1Nc1ccc(I)cc1F)C1CC1. The first-order valence-electron chi connectivity index (χ1n) is 7.53. The molecule has 0 amide bonds. The number of hydrogen-bond acceptors (Lipinski definition) is 6. The van der Waals surface area contributed by atoms with E-state index in [1.807, 2.05) is 22.6 Å². The fourth-order valence-electron chi connectivity index (χ4n) is 2.43. The van der Waals surface area contributed by atoms with Gasteiger partial charge >= 0.3 is 0 Å². The third kappa shape index (κ3) is 3.34. The highest BCUT2D eigenvalue weighted by Gasteiger charge is 2.36. The molecule has 1 aromatic heterocycles. The molecule has 0 unspecified atom stereocenters. The average Bonchev–Trinajstić information content (AvgIpc) is 3.33. The van der Waals surface area contributed by atoms with Crippen LogP contribution in [0.1, 0.15) is 12.8 Å². The molecule has 0 spiro atoms. The van der Waals surface area contributed by atoms with Gasteiger partial charge in [0, 0.05) is 3.57 Å². The molecule has 0 atom stereocenters. The van der Waals surface area contributed by atoms with Crippen molar-refractivity contribution in [3.8, 4) is 0 Å². The Bertz CT molecular complexity index is 1120. The molecule has 0 radical (unpaired) electrons. The Morgan fingerprint density at radius 3 is 2.65 bits per heavy atom. The van der Waals surface area contributed by atoms with Crippen LogP contribution in [0.15, 0.2) is 24.3 Å². The van der Waals surface area contributed by atoms with E-state index in [0.717, 1.165) is 11.5 Å². The predicted octanol–water partition coefficient (Wildman–Crippen LogP) is 4.22. The van der Waals surface area contributed by atoms with Crippen molar-refractivity contribution < 1.29 is 17.2 Å². The standard InChI is InChI=1S/C15H11F2IN4O2S2/c16-9-5-7(18)1-4-10(9)19-14-11(21-26(23,24)8-2-3-8)6-12-15(13(14)17)20-22-25-12/h1,4-6,8,19,21H,2-3H2. The molecule has 136 valence electrons. The van der Waals surface area contributed by atoms with Gasteiger partial charge in [0.05, 0.1) is 21.3 Å². The number of nitrogens with one attached hydrogen (secondary N) is 2. The van der Waals surface area contributed by atoms with E-state index >= 15 is 0 Å². The molecular weight excluding hydrogens is 497 g/mol. The van der Waals surface area contributed by atoms with Gasteiger partial charge in [0.2, 0.25) is 10.0 Å². The van der Waals surface area contributed by atoms with Crippen LogP contribution in [0.5, 0.6) is 0 Å². The highest BCUT2D eigenvalue weighted by Crippen LogP contribution is 2.38. The quantitative estimate of drug-likeness (QED) is 0.505. The number of anilines is 3. The lowest BCUT2D eigenvalue weighted by molar-refractivity contribution is 0.600. The summed E-state index contributed by atoms with van der Waals surface area (Å²) in [6, 6.07) is 5.85. The molecule has 1 heterocycles. The van der Waals surface area contributed by atoms with Gasteiger partial charge < -0.3 is 5.32 Å². The van der Waals surface area contributed by atoms with E-state index in [1.54, 1.807) is 6.07 Å². The zero-order valence-corrected chi connectivity index (χ0v) is 16.8. The van der Waals surface area contributed by atoms with E-state index in [1.165, 1.54) is 18.2 Å². The van der Waals surface area contributed by atoms with Gasteiger partial charge in [-0.15, -0.1) is 5.10 Å². The largest absolute Gasteiger partial charge is 0.349 e. The van der Waals surface area contributed by atoms with E-state index in [9.17, 15) is 17.2 Å². The molecule has 2 N–H and O–H groups in total. The first kappa shape index (κ1) is 17.8. The molecule has 0 saturated heterocycles. The highest BCUT2D eigenvalue weighted by molar-refractivity contribution is 14.1. The minimum atomic E-state index is -3.63. The molecular formula is C15H11F2IN4O2S2. The monoisotopic (exact) mass is 508 g/mol. The van der Waals surface area contributed by atoms with Crippen LogP contribution in [-0.4, -0.2) is 23.3 Å². The fourth-order valence-corrected chi connectivity index (χ4v) is 4.87. The van der Waals surface area contributed by atoms with Crippen molar-refractivity contribution in [3.63, 3.8) is 0 Å². The first-order valence-corrected chi connectivity index (χ1v) is 10.9. The Labute approximate surface area is 165 Å². The van der Waals surface area contributed by atoms with Crippen molar-refractivity contribution >= 4 is 71.4 Å². The maximum absolute atomic E-state index is 14.9. The summed E-state index contributed by atoms with van der Waals surface area (Å²) in [7, 11) is -3.63. The molecule has 26 heavy (non-hydrogen) atoms. The number of benzene rings is 2. The molecule has 1 aliphatic rings. The Kier molecular flexibility index (Phi) is 4.47. The van der Waals surface area contributed by atoms with Crippen molar-refractivity contribution in [3.05, 3.63) is 39.5 Å². The van der Waals surface area contributed by atoms with Crippen LogP contribution in [0, 0.1) is 15.2 Å². The summed E-state index contributed by atoms with van der Waals surface area (Å²) in [5, 5.41) is 5.90. The zero-order chi connectivity index (χ0) is 18.5. The fraction of sp³-hybridized carbons (Fsp3) is 0.200. The summed E-state index contributed by atoms with van der Waals surface area (Å²) >= 11 is 2.91. The van der Waals surface area contributed by atoms with E-state index in [4.69, 9.17) is 0 Å². The van der Waals surface area contributed by atoms with E-state index in [0.29, 0.717) is 21.1 Å². The van der Waals surface area contributed by atoms with E-state index in [2.05, 4.69) is 19.6 Å². The lowest BCUT2D eigenvalue weighted by atomic mass is 10.2. The van der Waals surface area contributed by atoms with Crippen molar-refractivity contribution in [2.24, 2.45) is 0 Å². The van der Waals surface area contributed by atoms with Crippen molar-refractivity contribution in [2.75, 3.05) is 10.0 Å². The predicted molar refractivity (Wildman–Crippen MR) is 105 cm³/mol. The Hall–Kier alpha value is -1.60. The molecule has 11 heteroatoms. The van der Waals surface area contributed by atoms with Gasteiger partial charge in [-0.3, -0.25) is 4.72 Å². The van der Waals surface area contributed by atoms with Gasteiger partial charge in [0.1, 0.15) is 17.0 Å². The average molecular weight is 508 g/mol. The second-order valence-corrected chi connectivity index (χ2v) is 9.82. The number of hydrogen-bond donors (Lipinski definition) is 2. The van der Waals surface area contributed by atoms with Crippen LogP contribution < -0.4 is 10.0 Å². The molecule has 0 bridgehead atoms. The zero-order valence-electron chi connectivity index (χ0n) is 13.0. The number of sulfonamides is 1. The lowest BCUT2D eigenvalue weighted by Gasteiger charge is -2.15. The van der Waals surface area contributed by atoms with Crippen molar-refractivity contribution in [1.29, 1.82) is 0 Å². The molecule has 3 aromatic rings. The van der Waals surface area contributed by atoms with Gasteiger partial charge in [-0.25, -0.2) is 17.2 Å². The number of fused-ring (bicyclic) bond motifs is 1. The summed E-state index contributed by atoms with van der Waals surface area (Å²) in [5.41, 5.74) is -0.156. The summed E-state index contributed by atoms with van der Waals surface area (Å²) in [5.74, 6) is -1.37. The van der Waals surface area contributed by atoms with Gasteiger partial charge in [-0.1, -0.05) is 4.49 Å². The summed E-state index contributed by atoms with van der Waals surface area (Å²) in [6.07, 6.45) is 1.13. The molecule has 1 fully saturated rings. The maximum atomic E-state index is 14.9. The third-order valence-corrected chi connectivity index (χ3v) is 7.09. The second kappa shape index (κ2) is 6.53. The third-order valence-electron chi connectivity index (χ3n) is 3.89. The second-order valence-electron chi connectivity index (χ2n) is 5.83. The molecule has 0 aliphatic heterocycles. The van der Waals surface area contributed by atoms with Crippen LogP contribution in [0.3, 0.4) is 0 Å². The molecule has 1 saturated carbocycles. The number of halogens is 3. The molecule has 6 nitrogen and oxygen atoms in total. The first-order chi connectivity index (χ1) is 12.3. The maximum Gasteiger partial charge on any atom is 0.235 e. The van der Waals surface area contributed by atoms with Crippen LogP contribution in [0.25, 0.3) is 10.2 Å². The Balaban J connectivity index is 1.82. The Morgan fingerprint density at radius 2 is 1.96 bits per heavy atom. The number of rotatable bonds is 5. The van der Waals surface area contributed by atoms with E-state index < -0.39 is 26.9 Å². The van der Waals surface area contributed by atoms with Crippen molar-refractivity contribution in [1.82, 2.24) is 9.59 Å². The molecule has 4 rings (SSSR count). The molecule has 2 aromatic carbocycles. The molecule has 1 aliphatic carbocycles. The normalized spacial score (nSPS) is 14.6. The topological polar surface area (TPSA) is 84.0 Å². The smallest absolute Gasteiger partial charge is 0.235 e. The van der Waals surface area contributed by atoms with Gasteiger partial charge in [-0.05, 0) is 71.2 Å². The van der Waals surface area contributed by atoms with Crippen LogP contribution in [0.4, 0.5) is 25.8 Å². The van der Waals surface area contributed by atoms with Gasteiger partial charge in [0.15, 0.2) is 5.82 Å². The van der Waals surface area contributed by atoms with Crippen molar-refractivity contribution in [2.45, 2.75) is 18.1 Å². The van der Waals surface area contributed by atoms with Crippen LogP contribution >= 0.6 is 34.1 Å². The number of aromatic nitrogens is 2. The summed E-state index contributed by atoms with van der Waals surface area (Å²) in [4.78, 5) is 0. The lowest BCUT2D eigenvalue weighted by Crippen LogP contribution is -2.18. The number of nitrogens with zero attached hydrogens (tertiary/aromatic N) is 2. The summed E-state index contributed by atoms with van der Waals surface area (Å²) in [6.45, 7) is 0. The van der Waals surface area contributed by atoms with Gasteiger partial charge in [0.25, 0.3) is 0 Å². The van der Waals surface area contributed by atoms with E-state index in [-0.39, 0.29) is 22.6 Å². The summed E-state index contributed by atoms with van der Waals surface area (Å²) < 4.78 is 60.9.